The van der Waals surface area contributed by atoms with E-state index < -0.39 is 5.91 Å². The molecule has 1 amide bonds. The topological polar surface area (TPSA) is 70.1 Å². The zero-order valence-electron chi connectivity index (χ0n) is 7.11. The number of allylic oxidation sites excluding steroid dienone is 1. The van der Waals surface area contributed by atoms with Gasteiger partial charge in [0.1, 0.15) is 5.69 Å². The summed E-state index contributed by atoms with van der Waals surface area (Å²) in [6, 6.07) is 1.58. The van der Waals surface area contributed by atoms with Gasteiger partial charge in [0, 0.05) is 12.4 Å². The molecule has 2 rings (SSSR count). The highest BCUT2D eigenvalue weighted by Gasteiger charge is 2.19. The van der Waals surface area contributed by atoms with Crippen LogP contribution in [0.15, 0.2) is 18.5 Å². The number of hydrogen-bond donors (Lipinski definition) is 1. The molecule has 4 heteroatoms. The minimum Gasteiger partial charge on any atom is -0.366 e. The Kier molecular flexibility index (Phi) is 1.55. The molecule has 0 aliphatic carbocycles. The fourth-order valence-corrected chi connectivity index (χ4v) is 1.29. The van der Waals surface area contributed by atoms with Gasteiger partial charge in [-0.05, 0) is 18.6 Å². The standard InChI is InChI=1S/C9H8N3O/c1-5-4-12-8-6(9(10)13)2-3-11-7(5)8/h2-4H,1H3,(H2,10,13). The molecule has 0 saturated carbocycles. The maximum Gasteiger partial charge on any atom is 0.251 e. The monoisotopic (exact) mass is 174 g/mol. The molecule has 1 aliphatic rings. The molecule has 1 radical (unpaired) electrons. The number of amides is 1. The maximum absolute atomic E-state index is 11.0. The second kappa shape index (κ2) is 2.58. The fourth-order valence-electron chi connectivity index (χ4n) is 1.29. The predicted molar refractivity (Wildman–Crippen MR) is 48.2 cm³/mol. The summed E-state index contributed by atoms with van der Waals surface area (Å²) in [5.74, 6) is -0.467. The zero-order chi connectivity index (χ0) is 9.42. The van der Waals surface area contributed by atoms with E-state index in [4.69, 9.17) is 5.73 Å². The molecule has 0 bridgehead atoms. The lowest BCUT2D eigenvalue weighted by atomic mass is 10.1. The van der Waals surface area contributed by atoms with Crippen molar-refractivity contribution in [3.63, 3.8) is 0 Å². The van der Waals surface area contributed by atoms with E-state index in [-0.39, 0.29) is 0 Å². The van der Waals surface area contributed by atoms with Crippen molar-refractivity contribution in [2.45, 2.75) is 6.92 Å². The van der Waals surface area contributed by atoms with Crippen LogP contribution in [0.25, 0.3) is 5.57 Å². The van der Waals surface area contributed by atoms with Gasteiger partial charge in [-0.2, -0.15) is 0 Å². The number of aromatic nitrogens is 1. The average molecular weight is 174 g/mol. The maximum atomic E-state index is 11.0. The Morgan fingerprint density at radius 2 is 2.31 bits per heavy atom. The summed E-state index contributed by atoms with van der Waals surface area (Å²) in [4.78, 5) is 15.1. The van der Waals surface area contributed by atoms with Crippen molar-refractivity contribution in [3.05, 3.63) is 29.7 Å². The lowest BCUT2D eigenvalue weighted by Crippen LogP contribution is -2.13. The Morgan fingerprint density at radius 1 is 1.54 bits per heavy atom. The lowest BCUT2D eigenvalue weighted by molar-refractivity contribution is 0.100. The number of nitrogens with zero attached hydrogens (tertiary/aromatic N) is 2. The molecular weight excluding hydrogens is 166 g/mol. The second-order valence-corrected chi connectivity index (χ2v) is 2.86. The summed E-state index contributed by atoms with van der Waals surface area (Å²) >= 11 is 0. The summed E-state index contributed by atoms with van der Waals surface area (Å²) < 4.78 is 0. The molecule has 0 aromatic carbocycles. The van der Waals surface area contributed by atoms with Crippen molar-refractivity contribution in [1.29, 1.82) is 0 Å². The van der Waals surface area contributed by atoms with E-state index in [2.05, 4.69) is 10.3 Å². The van der Waals surface area contributed by atoms with Gasteiger partial charge in [-0.1, -0.05) is 0 Å². The van der Waals surface area contributed by atoms with E-state index in [0.717, 1.165) is 11.3 Å². The predicted octanol–water partition coefficient (Wildman–Crippen LogP) is 0.791. The molecular formula is C9H8N3O. The summed E-state index contributed by atoms with van der Waals surface area (Å²) in [6.45, 7) is 1.90. The first-order valence-electron chi connectivity index (χ1n) is 3.87. The Hall–Kier alpha value is -1.84. The minimum absolute atomic E-state index is 0.429. The van der Waals surface area contributed by atoms with Crippen molar-refractivity contribution in [2.24, 2.45) is 5.73 Å². The highest BCUT2D eigenvalue weighted by atomic mass is 16.1. The van der Waals surface area contributed by atoms with Gasteiger partial charge in [0.05, 0.1) is 11.3 Å². The van der Waals surface area contributed by atoms with Gasteiger partial charge in [-0.3, -0.25) is 15.1 Å². The number of hydrogen-bond acceptors (Lipinski definition) is 2. The number of fused-ring (bicyclic) bond motifs is 1. The van der Waals surface area contributed by atoms with Crippen LogP contribution in [0.2, 0.25) is 0 Å². The zero-order valence-corrected chi connectivity index (χ0v) is 7.11. The van der Waals surface area contributed by atoms with Crippen molar-refractivity contribution in [3.8, 4) is 0 Å². The Bertz CT molecular complexity index is 409. The molecule has 0 atom stereocenters. The summed E-state index contributed by atoms with van der Waals surface area (Å²) in [6.07, 6.45) is 3.25. The lowest BCUT2D eigenvalue weighted by Gasteiger charge is -2.02. The van der Waals surface area contributed by atoms with E-state index in [0.29, 0.717) is 11.3 Å². The first-order valence-corrected chi connectivity index (χ1v) is 3.87. The quantitative estimate of drug-likeness (QED) is 0.683. The molecule has 1 aliphatic heterocycles. The van der Waals surface area contributed by atoms with E-state index in [1.54, 1.807) is 18.5 Å². The summed E-state index contributed by atoms with van der Waals surface area (Å²) in [5.41, 5.74) is 7.90. The van der Waals surface area contributed by atoms with E-state index >= 15 is 0 Å². The SMILES string of the molecule is CC1=C[N]c2c(C(N)=O)ccnc21. The van der Waals surface area contributed by atoms with Gasteiger partial charge >= 0.3 is 0 Å². The Labute approximate surface area is 75.5 Å². The molecule has 0 spiro atoms. The third-order valence-corrected chi connectivity index (χ3v) is 1.95. The van der Waals surface area contributed by atoms with Crippen LogP contribution in [-0.4, -0.2) is 10.9 Å². The summed E-state index contributed by atoms with van der Waals surface area (Å²) in [7, 11) is 0. The van der Waals surface area contributed by atoms with Crippen LogP contribution in [0.5, 0.6) is 0 Å². The van der Waals surface area contributed by atoms with Crippen molar-refractivity contribution < 1.29 is 4.79 Å². The number of primary amides is 1. The van der Waals surface area contributed by atoms with Crippen LogP contribution >= 0.6 is 0 Å². The third-order valence-electron chi connectivity index (χ3n) is 1.95. The normalized spacial score (nSPS) is 13.2. The van der Waals surface area contributed by atoms with Gasteiger partial charge < -0.3 is 5.73 Å². The molecule has 1 aromatic heterocycles. The first kappa shape index (κ1) is 7.79. The smallest absolute Gasteiger partial charge is 0.251 e. The van der Waals surface area contributed by atoms with Crippen molar-refractivity contribution in [2.75, 3.05) is 0 Å². The van der Waals surface area contributed by atoms with Gasteiger partial charge in [-0.25, -0.2) is 0 Å². The van der Waals surface area contributed by atoms with Crippen LogP contribution in [0, 0.1) is 0 Å². The van der Waals surface area contributed by atoms with E-state index in [1.165, 1.54) is 0 Å². The van der Waals surface area contributed by atoms with Gasteiger partial charge in [0.25, 0.3) is 5.91 Å². The molecule has 13 heavy (non-hydrogen) atoms. The Balaban J connectivity index is 2.61. The highest BCUT2D eigenvalue weighted by Crippen LogP contribution is 2.30. The average Bonchev–Trinajstić information content (AvgIpc) is 2.48. The van der Waals surface area contributed by atoms with Gasteiger partial charge in [-0.15, -0.1) is 0 Å². The number of carbonyl (C=O) groups is 1. The van der Waals surface area contributed by atoms with Crippen LogP contribution in [0.4, 0.5) is 5.69 Å². The van der Waals surface area contributed by atoms with Gasteiger partial charge in [0.15, 0.2) is 0 Å². The Morgan fingerprint density at radius 3 is 3.00 bits per heavy atom. The van der Waals surface area contributed by atoms with Gasteiger partial charge in [0.2, 0.25) is 0 Å². The van der Waals surface area contributed by atoms with Crippen LogP contribution in [0.1, 0.15) is 23.0 Å². The van der Waals surface area contributed by atoms with Crippen molar-refractivity contribution in [1.82, 2.24) is 10.3 Å². The van der Waals surface area contributed by atoms with Crippen LogP contribution in [-0.2, 0) is 0 Å². The molecule has 2 heterocycles. The largest absolute Gasteiger partial charge is 0.366 e. The third kappa shape index (κ3) is 1.07. The molecule has 1 aromatic rings. The fraction of sp³-hybridized carbons (Fsp3) is 0.111. The number of rotatable bonds is 1. The summed E-state index contributed by atoms with van der Waals surface area (Å²) in [5, 5.41) is 4.08. The number of carbonyl (C=O) groups excluding carboxylic acids is 1. The second-order valence-electron chi connectivity index (χ2n) is 2.86. The van der Waals surface area contributed by atoms with Crippen LogP contribution < -0.4 is 11.1 Å². The molecule has 0 unspecified atom stereocenters. The van der Waals surface area contributed by atoms with Crippen molar-refractivity contribution >= 4 is 17.2 Å². The van der Waals surface area contributed by atoms with Crippen LogP contribution in [0.3, 0.4) is 0 Å². The highest BCUT2D eigenvalue weighted by molar-refractivity contribution is 6.00. The molecule has 0 saturated heterocycles. The first-order chi connectivity index (χ1) is 6.20. The molecule has 65 valence electrons. The number of pyridine rings is 1. The van der Waals surface area contributed by atoms with E-state index in [1.807, 2.05) is 6.92 Å². The molecule has 0 fully saturated rings. The van der Waals surface area contributed by atoms with E-state index in [9.17, 15) is 4.79 Å². The minimum atomic E-state index is -0.467. The molecule has 2 N–H and O–H groups in total. The molecule has 4 nitrogen and oxygen atoms in total. The number of nitrogens with two attached hydrogens (primary N) is 1.